The molecular formula is C20H23N3O3S. The van der Waals surface area contributed by atoms with Gasteiger partial charge in [0, 0.05) is 36.1 Å². The fourth-order valence-electron chi connectivity index (χ4n) is 4.31. The minimum Gasteiger partial charge on any atom is -0.349 e. The number of sulfonamides is 1. The van der Waals surface area contributed by atoms with Gasteiger partial charge < -0.3 is 5.32 Å². The second-order valence-corrected chi connectivity index (χ2v) is 9.26. The Labute approximate surface area is 159 Å². The van der Waals surface area contributed by atoms with E-state index in [0.717, 1.165) is 18.4 Å². The van der Waals surface area contributed by atoms with Gasteiger partial charge in [-0.1, -0.05) is 12.1 Å². The second-order valence-electron chi connectivity index (χ2n) is 7.41. The summed E-state index contributed by atoms with van der Waals surface area (Å²) >= 11 is 0. The van der Waals surface area contributed by atoms with Gasteiger partial charge in [0.15, 0.2) is 0 Å². The van der Waals surface area contributed by atoms with Crippen LogP contribution in [0.25, 0.3) is 0 Å². The van der Waals surface area contributed by atoms with Gasteiger partial charge in [0.05, 0.1) is 4.90 Å². The monoisotopic (exact) mass is 385 g/mol. The van der Waals surface area contributed by atoms with Crippen LogP contribution in [0, 0.1) is 6.92 Å². The lowest BCUT2D eigenvalue weighted by molar-refractivity contribution is 0.0909. The van der Waals surface area contributed by atoms with Crippen LogP contribution in [-0.4, -0.2) is 41.7 Å². The third kappa shape index (κ3) is 3.49. The molecule has 2 aliphatic heterocycles. The van der Waals surface area contributed by atoms with E-state index in [9.17, 15) is 13.2 Å². The second kappa shape index (κ2) is 7.05. The Balaban J connectivity index is 1.50. The van der Waals surface area contributed by atoms with Crippen LogP contribution < -0.4 is 5.32 Å². The number of fused-ring (bicyclic) bond motifs is 2. The predicted molar refractivity (Wildman–Crippen MR) is 102 cm³/mol. The van der Waals surface area contributed by atoms with Crippen LogP contribution in [-0.2, 0) is 10.0 Å². The van der Waals surface area contributed by atoms with Gasteiger partial charge >= 0.3 is 0 Å². The number of rotatable bonds is 4. The molecule has 0 radical (unpaired) electrons. The van der Waals surface area contributed by atoms with E-state index in [2.05, 4.69) is 10.3 Å². The van der Waals surface area contributed by atoms with Crippen molar-refractivity contribution in [2.45, 2.75) is 55.6 Å². The van der Waals surface area contributed by atoms with E-state index < -0.39 is 10.0 Å². The van der Waals surface area contributed by atoms with Crippen LogP contribution in [0.2, 0.25) is 0 Å². The third-order valence-electron chi connectivity index (χ3n) is 5.51. The molecule has 3 heterocycles. The van der Waals surface area contributed by atoms with Crippen LogP contribution in [0.1, 0.15) is 41.6 Å². The van der Waals surface area contributed by atoms with E-state index >= 15 is 0 Å². The van der Waals surface area contributed by atoms with E-state index in [1.165, 1.54) is 0 Å². The molecule has 6 nitrogen and oxygen atoms in total. The van der Waals surface area contributed by atoms with Gasteiger partial charge in [0.2, 0.25) is 10.0 Å². The van der Waals surface area contributed by atoms with Crippen molar-refractivity contribution < 1.29 is 13.2 Å². The maximum Gasteiger partial charge on any atom is 0.251 e. The summed E-state index contributed by atoms with van der Waals surface area (Å²) in [5.74, 6) is -0.128. The average Bonchev–Trinajstić information content (AvgIpc) is 2.95. The molecule has 0 spiro atoms. The highest BCUT2D eigenvalue weighted by molar-refractivity contribution is 7.89. The molecule has 27 heavy (non-hydrogen) atoms. The number of pyridine rings is 1. The third-order valence-corrected chi connectivity index (χ3v) is 7.51. The summed E-state index contributed by atoms with van der Waals surface area (Å²) < 4.78 is 28.1. The molecule has 1 amide bonds. The molecule has 0 aliphatic carbocycles. The molecule has 1 unspecified atom stereocenters. The molecule has 4 rings (SSSR count). The fraction of sp³-hybridized carbons (Fsp3) is 0.400. The molecule has 2 aromatic rings. The fourth-order valence-corrected chi connectivity index (χ4v) is 6.31. The van der Waals surface area contributed by atoms with Gasteiger partial charge in [0.25, 0.3) is 5.91 Å². The number of carbonyl (C=O) groups excluding carboxylic acids is 1. The lowest BCUT2D eigenvalue weighted by Gasteiger charge is -2.38. The first-order valence-corrected chi connectivity index (χ1v) is 10.7. The van der Waals surface area contributed by atoms with Crippen molar-refractivity contribution in [1.82, 2.24) is 14.6 Å². The first kappa shape index (κ1) is 18.1. The number of aryl methyl sites for hydroxylation is 1. The molecule has 142 valence electrons. The number of nitrogens with one attached hydrogen (secondary N) is 1. The molecule has 1 aromatic carbocycles. The first-order valence-electron chi connectivity index (χ1n) is 9.26. The lowest BCUT2D eigenvalue weighted by atomic mass is 9.99. The summed E-state index contributed by atoms with van der Waals surface area (Å²) in [6.07, 6.45) is 6.18. The van der Waals surface area contributed by atoms with Crippen LogP contribution in [0.15, 0.2) is 53.7 Å². The van der Waals surface area contributed by atoms with Crippen molar-refractivity contribution in [3.05, 3.63) is 59.9 Å². The Hall–Kier alpha value is -2.25. The van der Waals surface area contributed by atoms with Crippen LogP contribution >= 0.6 is 0 Å². The molecule has 7 heteroatoms. The summed E-state index contributed by atoms with van der Waals surface area (Å²) in [5.41, 5.74) is 1.51. The molecule has 2 aliphatic rings. The van der Waals surface area contributed by atoms with Gasteiger partial charge in [0.1, 0.15) is 0 Å². The zero-order valence-corrected chi connectivity index (χ0v) is 16.0. The number of benzene rings is 1. The van der Waals surface area contributed by atoms with Crippen LogP contribution in [0.5, 0.6) is 0 Å². The number of aromatic nitrogens is 1. The summed E-state index contributed by atoms with van der Waals surface area (Å²) in [7, 11) is -3.51. The Morgan fingerprint density at radius 3 is 2.41 bits per heavy atom. The van der Waals surface area contributed by atoms with Crippen molar-refractivity contribution in [2.75, 3.05) is 0 Å². The first-order chi connectivity index (χ1) is 12.9. The standard InChI is InChI=1S/C20H23N3O3S/c1-14-3-2-4-19(11-14)27(25,26)23-17-5-6-18(23)13-16(12-17)22-20(24)15-7-9-21-10-8-15/h2-4,7-11,16-18H,5-6,12-13H2,1H3,(H,22,24)/t16?,17-,18+. The Morgan fingerprint density at radius 2 is 1.78 bits per heavy atom. The number of hydrogen-bond acceptors (Lipinski definition) is 4. The summed E-state index contributed by atoms with van der Waals surface area (Å²) in [6.45, 7) is 1.90. The van der Waals surface area contributed by atoms with Crippen molar-refractivity contribution in [3.63, 3.8) is 0 Å². The van der Waals surface area contributed by atoms with Crippen LogP contribution in [0.4, 0.5) is 0 Å². The molecule has 3 atom stereocenters. The largest absolute Gasteiger partial charge is 0.349 e. The minimum absolute atomic E-state index is 0.00729. The van der Waals surface area contributed by atoms with Crippen molar-refractivity contribution in [3.8, 4) is 0 Å². The maximum atomic E-state index is 13.2. The zero-order valence-electron chi connectivity index (χ0n) is 15.2. The van der Waals surface area contributed by atoms with Gasteiger partial charge in [-0.25, -0.2) is 8.42 Å². The molecule has 2 fully saturated rings. The van der Waals surface area contributed by atoms with Gasteiger partial charge in [-0.15, -0.1) is 0 Å². The highest BCUT2D eigenvalue weighted by atomic mass is 32.2. The quantitative estimate of drug-likeness (QED) is 0.877. The Kier molecular flexibility index (Phi) is 4.74. The number of piperidine rings is 1. The highest BCUT2D eigenvalue weighted by Gasteiger charge is 2.47. The highest BCUT2D eigenvalue weighted by Crippen LogP contribution is 2.39. The number of amides is 1. The molecule has 2 bridgehead atoms. The van der Waals surface area contributed by atoms with E-state index in [4.69, 9.17) is 0 Å². The average molecular weight is 385 g/mol. The van der Waals surface area contributed by atoms with E-state index in [-0.39, 0.29) is 24.0 Å². The molecular weight excluding hydrogens is 362 g/mol. The lowest BCUT2D eigenvalue weighted by Crippen LogP contribution is -2.52. The minimum atomic E-state index is -3.51. The topological polar surface area (TPSA) is 79.4 Å². The maximum absolute atomic E-state index is 13.2. The zero-order chi connectivity index (χ0) is 19.0. The summed E-state index contributed by atoms with van der Waals surface area (Å²) in [4.78, 5) is 16.7. The summed E-state index contributed by atoms with van der Waals surface area (Å²) in [6, 6.07) is 10.3. The molecule has 2 saturated heterocycles. The molecule has 0 saturated carbocycles. The molecule has 1 N–H and O–H groups in total. The summed E-state index contributed by atoms with van der Waals surface area (Å²) in [5, 5.41) is 3.07. The number of carbonyl (C=O) groups is 1. The van der Waals surface area contributed by atoms with Gasteiger partial charge in [-0.2, -0.15) is 4.31 Å². The van der Waals surface area contributed by atoms with Crippen LogP contribution in [0.3, 0.4) is 0 Å². The van der Waals surface area contributed by atoms with Crippen molar-refractivity contribution in [2.24, 2.45) is 0 Å². The Bertz CT molecular complexity index is 932. The van der Waals surface area contributed by atoms with Gasteiger partial charge in [-0.3, -0.25) is 9.78 Å². The van der Waals surface area contributed by atoms with Crippen molar-refractivity contribution in [1.29, 1.82) is 0 Å². The predicted octanol–water partition coefficient (Wildman–Crippen LogP) is 2.50. The smallest absolute Gasteiger partial charge is 0.251 e. The van der Waals surface area contributed by atoms with Crippen molar-refractivity contribution >= 4 is 15.9 Å². The Morgan fingerprint density at radius 1 is 1.11 bits per heavy atom. The number of nitrogens with zero attached hydrogens (tertiary/aromatic N) is 2. The van der Waals surface area contributed by atoms with Gasteiger partial charge in [-0.05, 0) is 62.4 Å². The SMILES string of the molecule is Cc1cccc(S(=O)(=O)N2[C@@H]3CC[C@H]2CC(NC(=O)c2ccncc2)C3)c1. The van der Waals surface area contributed by atoms with E-state index in [1.807, 2.05) is 13.0 Å². The molecule has 1 aromatic heterocycles. The normalized spacial score (nSPS) is 25.3. The van der Waals surface area contributed by atoms with E-state index in [1.54, 1.807) is 47.0 Å². The van der Waals surface area contributed by atoms with E-state index in [0.29, 0.717) is 23.3 Å². The number of hydrogen-bond donors (Lipinski definition) is 1.